The van der Waals surface area contributed by atoms with E-state index in [4.69, 9.17) is 4.74 Å². The highest BCUT2D eigenvalue weighted by molar-refractivity contribution is 6.39. The average molecular weight is 282 g/mol. The van der Waals surface area contributed by atoms with E-state index in [1.165, 1.54) is 0 Å². The molecule has 2 aliphatic rings. The number of Topliss-reactive ketones (excluding diaryl/α,β-unsaturated/α-hetero) is 2. The summed E-state index contributed by atoms with van der Waals surface area (Å²) < 4.78 is 5.33. The van der Waals surface area contributed by atoms with Crippen molar-refractivity contribution in [2.75, 3.05) is 26.2 Å². The Morgan fingerprint density at radius 2 is 1.55 bits per heavy atom. The number of carbonyl (C=O) groups is 3. The first-order chi connectivity index (χ1) is 9.26. The van der Waals surface area contributed by atoms with Gasteiger partial charge in [0.25, 0.3) is 0 Å². The van der Waals surface area contributed by atoms with E-state index in [0.717, 1.165) is 0 Å². The third-order valence-corrected chi connectivity index (χ3v) is 3.64. The van der Waals surface area contributed by atoms with E-state index in [1.807, 2.05) is 20.8 Å². The maximum atomic E-state index is 11.9. The van der Waals surface area contributed by atoms with Crippen LogP contribution in [0.15, 0.2) is 0 Å². The Morgan fingerprint density at radius 1 is 1.05 bits per heavy atom. The normalized spacial score (nSPS) is 22.4. The molecule has 1 heterocycles. The van der Waals surface area contributed by atoms with E-state index in [2.05, 4.69) is 4.90 Å². The van der Waals surface area contributed by atoms with E-state index in [0.29, 0.717) is 39.0 Å². The van der Waals surface area contributed by atoms with Crippen molar-refractivity contribution in [1.82, 2.24) is 9.80 Å². The summed E-state index contributed by atoms with van der Waals surface area (Å²) in [5, 5.41) is 0. The number of hydrogen-bond donors (Lipinski definition) is 0. The topological polar surface area (TPSA) is 66.9 Å². The van der Waals surface area contributed by atoms with Gasteiger partial charge in [-0.1, -0.05) is 0 Å². The van der Waals surface area contributed by atoms with Crippen LogP contribution in [-0.2, 0) is 14.3 Å². The summed E-state index contributed by atoms with van der Waals surface area (Å²) in [6.07, 6.45) is 0.354. The highest BCUT2D eigenvalue weighted by Crippen LogP contribution is 2.20. The Morgan fingerprint density at radius 3 is 2.00 bits per heavy atom. The minimum atomic E-state index is -0.488. The molecule has 1 saturated heterocycles. The number of rotatable bonds is 1. The highest BCUT2D eigenvalue weighted by atomic mass is 16.6. The SMILES string of the molecule is CC(C)(C)OC(=O)N1CCN(C2CC(=O)C(=O)C2)CC1. The van der Waals surface area contributed by atoms with Gasteiger partial charge >= 0.3 is 6.09 Å². The van der Waals surface area contributed by atoms with Gasteiger partial charge in [-0.3, -0.25) is 14.5 Å². The van der Waals surface area contributed by atoms with Crippen LogP contribution in [-0.4, -0.2) is 65.3 Å². The molecule has 6 nitrogen and oxygen atoms in total. The van der Waals surface area contributed by atoms with Crippen LogP contribution in [0.25, 0.3) is 0 Å². The van der Waals surface area contributed by atoms with Gasteiger partial charge in [-0.2, -0.15) is 0 Å². The van der Waals surface area contributed by atoms with Gasteiger partial charge in [0.1, 0.15) is 5.60 Å². The zero-order valence-electron chi connectivity index (χ0n) is 12.3. The van der Waals surface area contributed by atoms with Crippen molar-refractivity contribution in [3.8, 4) is 0 Å². The van der Waals surface area contributed by atoms with Gasteiger partial charge in [-0.25, -0.2) is 4.79 Å². The molecule has 0 aromatic rings. The molecule has 20 heavy (non-hydrogen) atoms. The molecule has 0 bridgehead atoms. The molecule has 112 valence electrons. The van der Waals surface area contributed by atoms with Crippen LogP contribution in [0.5, 0.6) is 0 Å². The van der Waals surface area contributed by atoms with Crippen molar-refractivity contribution in [2.24, 2.45) is 0 Å². The first-order valence-electron chi connectivity index (χ1n) is 7.04. The van der Waals surface area contributed by atoms with Crippen molar-refractivity contribution in [2.45, 2.75) is 45.3 Å². The molecule has 0 spiro atoms. The molecule has 0 N–H and O–H groups in total. The van der Waals surface area contributed by atoms with Crippen molar-refractivity contribution in [1.29, 1.82) is 0 Å². The highest BCUT2D eigenvalue weighted by Gasteiger charge is 2.36. The summed E-state index contributed by atoms with van der Waals surface area (Å²) in [5.41, 5.74) is -0.488. The third-order valence-electron chi connectivity index (χ3n) is 3.64. The molecule has 0 aromatic heterocycles. The Bertz CT molecular complexity index is 403. The van der Waals surface area contributed by atoms with Gasteiger partial charge in [0.2, 0.25) is 0 Å². The molecule has 1 aliphatic heterocycles. The lowest BCUT2D eigenvalue weighted by Crippen LogP contribution is -2.52. The summed E-state index contributed by atoms with van der Waals surface area (Å²) in [4.78, 5) is 38.3. The van der Waals surface area contributed by atoms with Crippen molar-refractivity contribution in [3.05, 3.63) is 0 Å². The van der Waals surface area contributed by atoms with Gasteiger partial charge < -0.3 is 9.64 Å². The van der Waals surface area contributed by atoms with Crippen LogP contribution < -0.4 is 0 Å². The fraction of sp³-hybridized carbons (Fsp3) is 0.786. The molecule has 6 heteroatoms. The number of ether oxygens (including phenoxy) is 1. The van der Waals surface area contributed by atoms with Crippen LogP contribution in [0.4, 0.5) is 4.79 Å². The van der Waals surface area contributed by atoms with E-state index >= 15 is 0 Å². The first kappa shape index (κ1) is 15.0. The molecule has 2 fully saturated rings. The van der Waals surface area contributed by atoms with Crippen molar-refractivity contribution in [3.63, 3.8) is 0 Å². The van der Waals surface area contributed by atoms with Gasteiger partial charge in [0.05, 0.1) is 0 Å². The number of amides is 1. The quantitative estimate of drug-likeness (QED) is 0.667. The second-order valence-corrected chi connectivity index (χ2v) is 6.41. The average Bonchev–Trinajstić information content (AvgIpc) is 2.68. The molecule has 0 aromatic carbocycles. The minimum absolute atomic E-state index is 0.0239. The van der Waals surface area contributed by atoms with Crippen LogP contribution >= 0.6 is 0 Å². The fourth-order valence-corrected chi connectivity index (χ4v) is 2.58. The van der Waals surface area contributed by atoms with Gasteiger partial charge in [-0.15, -0.1) is 0 Å². The summed E-state index contributed by atoms with van der Waals surface area (Å²) in [5.74, 6) is -0.519. The van der Waals surface area contributed by atoms with Gasteiger partial charge in [0, 0.05) is 45.1 Å². The maximum Gasteiger partial charge on any atom is 0.410 e. The van der Waals surface area contributed by atoms with Gasteiger partial charge in [0.15, 0.2) is 11.6 Å². The van der Waals surface area contributed by atoms with Crippen molar-refractivity contribution >= 4 is 17.7 Å². The molecular weight excluding hydrogens is 260 g/mol. The molecule has 1 amide bonds. The molecule has 1 aliphatic carbocycles. The number of ketones is 2. The fourth-order valence-electron chi connectivity index (χ4n) is 2.58. The van der Waals surface area contributed by atoms with Crippen LogP contribution in [0, 0.1) is 0 Å². The molecule has 2 rings (SSSR count). The van der Waals surface area contributed by atoms with Crippen LogP contribution in [0.3, 0.4) is 0 Å². The van der Waals surface area contributed by atoms with Crippen LogP contribution in [0.1, 0.15) is 33.6 Å². The Labute approximate surface area is 119 Å². The monoisotopic (exact) mass is 282 g/mol. The lowest BCUT2D eigenvalue weighted by atomic mass is 10.2. The van der Waals surface area contributed by atoms with Gasteiger partial charge in [-0.05, 0) is 20.8 Å². The Kier molecular flexibility index (Phi) is 4.13. The lowest BCUT2D eigenvalue weighted by Gasteiger charge is -2.38. The van der Waals surface area contributed by atoms with E-state index < -0.39 is 5.60 Å². The number of carbonyl (C=O) groups excluding carboxylic acids is 3. The number of nitrogens with zero attached hydrogens (tertiary/aromatic N) is 2. The van der Waals surface area contributed by atoms with E-state index in [9.17, 15) is 14.4 Å². The molecule has 0 radical (unpaired) electrons. The number of piperazine rings is 1. The standard InChI is InChI=1S/C14H22N2O4/c1-14(2,3)20-13(19)16-6-4-15(5-7-16)10-8-11(17)12(18)9-10/h10H,4-9H2,1-3H3. The largest absolute Gasteiger partial charge is 0.444 e. The third kappa shape index (κ3) is 3.56. The van der Waals surface area contributed by atoms with E-state index in [1.54, 1.807) is 4.90 Å². The first-order valence-corrected chi connectivity index (χ1v) is 7.04. The summed E-state index contributed by atoms with van der Waals surface area (Å²) >= 11 is 0. The smallest absolute Gasteiger partial charge is 0.410 e. The zero-order chi connectivity index (χ0) is 14.9. The molecule has 1 saturated carbocycles. The number of hydrogen-bond acceptors (Lipinski definition) is 5. The lowest BCUT2D eigenvalue weighted by molar-refractivity contribution is -0.134. The molecule has 0 unspecified atom stereocenters. The van der Waals surface area contributed by atoms with Crippen molar-refractivity contribution < 1.29 is 19.1 Å². The summed E-state index contributed by atoms with van der Waals surface area (Å²) in [7, 11) is 0. The minimum Gasteiger partial charge on any atom is -0.444 e. The summed E-state index contributed by atoms with van der Waals surface area (Å²) in [6.45, 7) is 8.06. The molecular formula is C14H22N2O4. The Hall–Kier alpha value is -1.43. The Balaban J connectivity index is 1.82. The molecule has 0 atom stereocenters. The second-order valence-electron chi connectivity index (χ2n) is 6.41. The maximum absolute atomic E-state index is 11.9. The predicted molar refractivity (Wildman–Crippen MR) is 72.4 cm³/mol. The predicted octanol–water partition coefficient (Wildman–Crippen LogP) is 0.840. The van der Waals surface area contributed by atoms with Crippen LogP contribution in [0.2, 0.25) is 0 Å². The second kappa shape index (κ2) is 5.52. The summed E-state index contributed by atoms with van der Waals surface area (Å²) in [6, 6.07) is 0.0239. The zero-order valence-corrected chi connectivity index (χ0v) is 12.3. The van der Waals surface area contributed by atoms with E-state index in [-0.39, 0.29) is 23.7 Å².